The van der Waals surface area contributed by atoms with Gasteiger partial charge < -0.3 is 9.90 Å². The molecular weight excluding hydrogens is 312 g/mol. The van der Waals surface area contributed by atoms with E-state index in [2.05, 4.69) is 45.0 Å². The normalized spacial score (nSPS) is 16.7. The molecule has 0 spiro atoms. The number of aliphatic hydroxyl groups is 1. The van der Waals surface area contributed by atoms with Crippen molar-refractivity contribution in [3.8, 4) is 0 Å². The van der Waals surface area contributed by atoms with Gasteiger partial charge in [-0.15, -0.1) is 0 Å². The van der Waals surface area contributed by atoms with Crippen molar-refractivity contribution in [1.82, 2.24) is 0 Å². The number of benzene rings is 2. The van der Waals surface area contributed by atoms with Crippen molar-refractivity contribution < 1.29 is 9.90 Å². The molecule has 126 valence electrons. The Hall–Kier alpha value is -1.71. The number of aliphatic hydroxyl groups excluding tert-OH is 1. The van der Waals surface area contributed by atoms with Crippen LogP contribution in [0.1, 0.15) is 33.6 Å². The third-order valence-corrected chi connectivity index (χ3v) is 11.4. The predicted octanol–water partition coefficient (Wildman–Crippen LogP) is 2.93. The van der Waals surface area contributed by atoms with Crippen molar-refractivity contribution in [2.75, 3.05) is 6.61 Å². The highest BCUT2D eigenvalue weighted by atomic mass is 28.3. The standard InChI is InChI=1S/C21H26O2Si/c1-20(2,3)24(17-10-6-4-7-11-17,18-12-8-5-9-13-18)19(23)21(16-22)14-15-21/h4-13,22H,14-16H2,1-3H3. The SMILES string of the molecule is CC(C)(C)[Si](C(=O)C1(CO)CC1)(c1ccccc1)c1ccccc1. The summed E-state index contributed by atoms with van der Waals surface area (Å²) < 4.78 is 0. The van der Waals surface area contributed by atoms with Crippen molar-refractivity contribution in [3.05, 3.63) is 60.7 Å². The van der Waals surface area contributed by atoms with Crippen LogP contribution >= 0.6 is 0 Å². The van der Waals surface area contributed by atoms with Crippen LogP contribution < -0.4 is 10.4 Å². The van der Waals surface area contributed by atoms with Gasteiger partial charge in [0.2, 0.25) is 0 Å². The molecule has 2 nitrogen and oxygen atoms in total. The van der Waals surface area contributed by atoms with Gasteiger partial charge in [0.1, 0.15) is 5.41 Å². The highest BCUT2D eigenvalue weighted by Crippen LogP contribution is 2.51. The molecule has 1 aliphatic carbocycles. The van der Waals surface area contributed by atoms with E-state index in [-0.39, 0.29) is 11.6 Å². The fourth-order valence-corrected chi connectivity index (χ4v) is 9.80. The van der Waals surface area contributed by atoms with E-state index >= 15 is 0 Å². The van der Waals surface area contributed by atoms with Crippen LogP contribution in [0.15, 0.2) is 60.7 Å². The maximum absolute atomic E-state index is 13.9. The van der Waals surface area contributed by atoms with Crippen molar-refractivity contribution in [2.24, 2.45) is 5.41 Å². The third kappa shape index (κ3) is 2.47. The second kappa shape index (κ2) is 5.98. The molecule has 0 radical (unpaired) electrons. The summed E-state index contributed by atoms with van der Waals surface area (Å²) in [5.41, 5.74) is -0.523. The highest BCUT2D eigenvalue weighted by Gasteiger charge is 2.63. The van der Waals surface area contributed by atoms with Crippen LogP contribution in [0.3, 0.4) is 0 Å². The lowest BCUT2D eigenvalue weighted by Crippen LogP contribution is -2.72. The van der Waals surface area contributed by atoms with E-state index in [0.717, 1.165) is 23.2 Å². The zero-order chi connectivity index (χ0) is 17.4. The molecule has 0 unspecified atom stereocenters. The Labute approximate surface area is 145 Å². The lowest BCUT2D eigenvalue weighted by Gasteiger charge is -2.44. The second-order valence-electron chi connectivity index (χ2n) is 8.00. The summed E-state index contributed by atoms with van der Waals surface area (Å²) in [6.07, 6.45) is 1.62. The van der Waals surface area contributed by atoms with Crippen molar-refractivity contribution >= 4 is 23.9 Å². The summed E-state index contributed by atoms with van der Waals surface area (Å²) >= 11 is 0. The van der Waals surface area contributed by atoms with Gasteiger partial charge in [-0.25, -0.2) is 0 Å². The van der Waals surface area contributed by atoms with Crippen molar-refractivity contribution in [1.29, 1.82) is 0 Å². The minimum atomic E-state index is -2.75. The van der Waals surface area contributed by atoms with Crippen LogP contribution in [0.25, 0.3) is 0 Å². The summed E-state index contributed by atoms with van der Waals surface area (Å²) in [6.45, 7) is 6.52. The molecule has 0 atom stereocenters. The summed E-state index contributed by atoms with van der Waals surface area (Å²) in [7, 11) is -2.75. The predicted molar refractivity (Wildman–Crippen MR) is 101 cm³/mol. The molecule has 0 amide bonds. The molecule has 2 aromatic rings. The Bertz CT molecular complexity index is 673. The monoisotopic (exact) mass is 338 g/mol. The van der Waals surface area contributed by atoms with E-state index < -0.39 is 13.5 Å². The van der Waals surface area contributed by atoms with Crippen molar-refractivity contribution in [2.45, 2.75) is 38.7 Å². The van der Waals surface area contributed by atoms with E-state index in [1.165, 1.54) is 0 Å². The van der Waals surface area contributed by atoms with Crippen LogP contribution in [0, 0.1) is 5.41 Å². The average Bonchev–Trinajstić information content (AvgIpc) is 3.37. The lowest BCUT2D eigenvalue weighted by molar-refractivity contribution is -0.118. The Morgan fingerprint density at radius 3 is 1.67 bits per heavy atom. The number of carbonyl (C=O) groups is 1. The summed E-state index contributed by atoms with van der Waals surface area (Å²) in [6, 6.07) is 20.5. The fourth-order valence-electron chi connectivity index (χ4n) is 4.02. The maximum Gasteiger partial charge on any atom is 0.199 e. The number of hydrogen-bond acceptors (Lipinski definition) is 2. The molecule has 1 N–H and O–H groups in total. The van der Waals surface area contributed by atoms with E-state index in [0.29, 0.717) is 5.41 Å². The van der Waals surface area contributed by atoms with Gasteiger partial charge in [0.05, 0.1) is 6.61 Å². The zero-order valence-corrected chi connectivity index (χ0v) is 15.8. The maximum atomic E-state index is 13.9. The molecular formula is C21H26O2Si. The van der Waals surface area contributed by atoms with Gasteiger partial charge in [-0.2, -0.15) is 0 Å². The van der Waals surface area contributed by atoms with Gasteiger partial charge in [0.25, 0.3) is 0 Å². The summed E-state index contributed by atoms with van der Waals surface area (Å²) in [4.78, 5) is 13.9. The van der Waals surface area contributed by atoms with Gasteiger partial charge in [0, 0.05) is 5.41 Å². The van der Waals surface area contributed by atoms with Crippen molar-refractivity contribution in [3.63, 3.8) is 0 Å². The molecule has 0 aliphatic heterocycles. The van der Waals surface area contributed by atoms with Crippen LogP contribution in [0.5, 0.6) is 0 Å². The fraction of sp³-hybridized carbons (Fsp3) is 0.381. The molecule has 0 aromatic heterocycles. The lowest BCUT2D eigenvalue weighted by atomic mass is 10.1. The Morgan fingerprint density at radius 1 is 0.958 bits per heavy atom. The van der Waals surface area contributed by atoms with Gasteiger partial charge in [-0.05, 0) is 28.3 Å². The summed E-state index contributed by atoms with van der Waals surface area (Å²) in [5.74, 6) is 0. The number of hydrogen-bond donors (Lipinski definition) is 1. The number of carbonyl (C=O) groups excluding carboxylic acids is 1. The molecule has 0 heterocycles. The van der Waals surface area contributed by atoms with E-state index in [1.807, 2.05) is 36.4 Å². The largest absolute Gasteiger partial charge is 0.395 e. The molecule has 1 fully saturated rings. The van der Waals surface area contributed by atoms with E-state index in [9.17, 15) is 9.90 Å². The molecule has 24 heavy (non-hydrogen) atoms. The molecule has 1 saturated carbocycles. The van der Waals surface area contributed by atoms with Gasteiger partial charge in [0.15, 0.2) is 8.07 Å². The Kier molecular flexibility index (Phi) is 4.26. The molecule has 0 bridgehead atoms. The van der Waals surface area contributed by atoms with Crippen LogP contribution in [0.2, 0.25) is 5.04 Å². The molecule has 3 rings (SSSR count). The van der Waals surface area contributed by atoms with E-state index in [4.69, 9.17) is 0 Å². The van der Waals surface area contributed by atoms with E-state index in [1.54, 1.807) is 0 Å². The average molecular weight is 339 g/mol. The first-order chi connectivity index (χ1) is 11.4. The molecule has 2 aromatic carbocycles. The van der Waals surface area contributed by atoms with Gasteiger partial charge >= 0.3 is 0 Å². The first kappa shape index (κ1) is 17.1. The minimum Gasteiger partial charge on any atom is -0.395 e. The van der Waals surface area contributed by atoms with Crippen LogP contribution in [-0.4, -0.2) is 25.2 Å². The van der Waals surface area contributed by atoms with Crippen LogP contribution in [-0.2, 0) is 4.79 Å². The zero-order valence-electron chi connectivity index (χ0n) is 14.8. The molecule has 3 heteroatoms. The Morgan fingerprint density at radius 2 is 1.38 bits per heavy atom. The number of rotatable bonds is 5. The molecule has 1 aliphatic rings. The quantitative estimate of drug-likeness (QED) is 0.851. The van der Waals surface area contributed by atoms with Gasteiger partial charge in [-0.1, -0.05) is 81.4 Å². The summed E-state index contributed by atoms with van der Waals surface area (Å²) in [5, 5.41) is 12.4. The van der Waals surface area contributed by atoms with Crippen LogP contribution in [0.4, 0.5) is 0 Å². The highest BCUT2D eigenvalue weighted by molar-refractivity contribution is 7.24. The second-order valence-corrected chi connectivity index (χ2v) is 12.6. The first-order valence-electron chi connectivity index (χ1n) is 8.65. The molecule has 0 saturated heterocycles. The smallest absolute Gasteiger partial charge is 0.199 e. The minimum absolute atomic E-state index is 0.0314. The first-order valence-corrected chi connectivity index (χ1v) is 10.7. The topological polar surface area (TPSA) is 37.3 Å². The van der Waals surface area contributed by atoms with Gasteiger partial charge in [-0.3, -0.25) is 0 Å². The Balaban J connectivity index is 2.32. The third-order valence-electron chi connectivity index (χ3n) is 5.52.